The van der Waals surface area contributed by atoms with E-state index in [2.05, 4.69) is 21.0 Å². The number of benzene rings is 1. The number of rotatable bonds is 9. The lowest BCUT2D eigenvalue weighted by Crippen LogP contribution is -2.24. The number of hydrogen-bond donors (Lipinski definition) is 3. The van der Waals surface area contributed by atoms with Crippen LogP contribution in [0.1, 0.15) is 35.3 Å². The van der Waals surface area contributed by atoms with Crippen LogP contribution in [-0.2, 0) is 4.74 Å². The molecule has 0 aliphatic rings. The summed E-state index contributed by atoms with van der Waals surface area (Å²) >= 11 is 0. The molecular formula is C22H27N7O. The van der Waals surface area contributed by atoms with Crippen molar-refractivity contribution in [3.8, 4) is 0 Å². The van der Waals surface area contributed by atoms with Crippen LogP contribution in [0.4, 0.5) is 0 Å². The molecule has 156 valence electrons. The summed E-state index contributed by atoms with van der Waals surface area (Å²) in [6.07, 6.45) is 5.81. The van der Waals surface area contributed by atoms with Gasteiger partial charge in [-0.3, -0.25) is 9.98 Å². The van der Waals surface area contributed by atoms with E-state index in [9.17, 15) is 0 Å². The van der Waals surface area contributed by atoms with Crippen LogP contribution in [0.15, 0.2) is 47.6 Å². The molecular weight excluding hydrogens is 378 g/mol. The Hall–Kier alpha value is -3.36. The minimum atomic E-state index is -0.293. The fourth-order valence-electron chi connectivity index (χ4n) is 3.06. The number of guanidine groups is 1. The molecule has 30 heavy (non-hydrogen) atoms. The molecule has 1 atom stereocenters. The van der Waals surface area contributed by atoms with Gasteiger partial charge >= 0.3 is 0 Å². The third-order valence-corrected chi connectivity index (χ3v) is 4.43. The van der Waals surface area contributed by atoms with Crippen molar-refractivity contribution in [1.82, 2.24) is 15.0 Å². The molecule has 1 unspecified atom stereocenters. The van der Waals surface area contributed by atoms with E-state index >= 15 is 0 Å². The molecule has 2 aromatic heterocycles. The van der Waals surface area contributed by atoms with Crippen molar-refractivity contribution >= 4 is 29.0 Å². The molecule has 8 nitrogen and oxygen atoms in total. The Morgan fingerprint density at radius 3 is 2.77 bits per heavy atom. The van der Waals surface area contributed by atoms with Gasteiger partial charge in [-0.05, 0) is 56.3 Å². The average Bonchev–Trinajstić information content (AvgIpc) is 2.74. The fraction of sp³-hybridized carbons (Fsp3) is 0.273. The number of fused-ring (bicyclic) bond motifs is 1. The summed E-state index contributed by atoms with van der Waals surface area (Å²) < 4.78 is 6.06. The Balaban J connectivity index is 1.97. The van der Waals surface area contributed by atoms with Gasteiger partial charge in [0.15, 0.2) is 11.8 Å². The van der Waals surface area contributed by atoms with Crippen molar-refractivity contribution < 1.29 is 4.74 Å². The summed E-state index contributed by atoms with van der Waals surface area (Å²) in [5.74, 6) is 0.626. The Bertz CT molecular complexity index is 1030. The van der Waals surface area contributed by atoms with Crippen molar-refractivity contribution in [3.05, 3.63) is 65.4 Å². The van der Waals surface area contributed by atoms with Crippen molar-refractivity contribution in [2.24, 2.45) is 22.2 Å². The molecule has 0 radical (unpaired) electrons. The fourth-order valence-corrected chi connectivity index (χ4v) is 3.06. The first-order chi connectivity index (χ1) is 14.6. The molecule has 0 saturated heterocycles. The quantitative estimate of drug-likeness (QED) is 0.282. The van der Waals surface area contributed by atoms with Gasteiger partial charge in [-0.25, -0.2) is 9.97 Å². The lowest BCUT2D eigenvalue weighted by atomic mass is 10.0. The van der Waals surface area contributed by atoms with Gasteiger partial charge in [0.05, 0.1) is 30.1 Å². The Morgan fingerprint density at radius 2 is 2.03 bits per heavy atom. The first kappa shape index (κ1) is 21.4. The molecule has 1 aromatic carbocycles. The van der Waals surface area contributed by atoms with Gasteiger partial charge in [-0.2, -0.15) is 0 Å². The van der Waals surface area contributed by atoms with Crippen molar-refractivity contribution in [2.45, 2.75) is 19.4 Å². The summed E-state index contributed by atoms with van der Waals surface area (Å²) in [5.41, 5.74) is 20.2. The maximum atomic E-state index is 6.06. The smallest absolute Gasteiger partial charge is 0.185 e. The largest absolute Gasteiger partial charge is 0.370 e. The average molecular weight is 406 g/mol. The Labute approximate surface area is 175 Å². The van der Waals surface area contributed by atoms with Crippen LogP contribution in [0.2, 0.25) is 0 Å². The molecule has 0 saturated carbocycles. The molecule has 3 aromatic rings. The minimum Gasteiger partial charge on any atom is -0.370 e. The normalized spacial score (nSPS) is 12.3. The number of aryl methyl sites for hydroxylation is 1. The first-order valence-corrected chi connectivity index (χ1v) is 9.81. The van der Waals surface area contributed by atoms with Crippen LogP contribution in [0, 0.1) is 6.92 Å². The second-order valence-corrected chi connectivity index (χ2v) is 6.82. The van der Waals surface area contributed by atoms with Crippen molar-refractivity contribution in [1.29, 1.82) is 0 Å². The lowest BCUT2D eigenvalue weighted by molar-refractivity contribution is 0.0521. The monoisotopic (exact) mass is 405 g/mol. The summed E-state index contributed by atoms with van der Waals surface area (Å²) in [6, 6.07) is 11.8. The van der Waals surface area contributed by atoms with E-state index in [1.807, 2.05) is 49.4 Å². The molecule has 3 rings (SSSR count). The number of aromatic nitrogens is 3. The highest BCUT2D eigenvalue weighted by atomic mass is 16.5. The number of aliphatic imine (C=N–C) groups is 1. The van der Waals surface area contributed by atoms with Gasteiger partial charge in [0, 0.05) is 11.6 Å². The van der Waals surface area contributed by atoms with E-state index < -0.39 is 0 Å². The zero-order chi connectivity index (χ0) is 21.3. The number of pyridine rings is 1. The number of hydrogen-bond acceptors (Lipinski definition) is 6. The van der Waals surface area contributed by atoms with E-state index in [1.54, 1.807) is 6.20 Å². The summed E-state index contributed by atoms with van der Waals surface area (Å²) in [4.78, 5) is 17.8. The van der Waals surface area contributed by atoms with E-state index in [1.165, 1.54) is 0 Å². The van der Waals surface area contributed by atoms with Gasteiger partial charge in [0.25, 0.3) is 0 Å². The van der Waals surface area contributed by atoms with Gasteiger partial charge in [-0.15, -0.1) is 0 Å². The highest BCUT2D eigenvalue weighted by molar-refractivity contribution is 5.83. The molecule has 2 heterocycles. The molecule has 0 spiro atoms. The second kappa shape index (κ2) is 10.4. The van der Waals surface area contributed by atoms with Crippen LogP contribution >= 0.6 is 0 Å². The van der Waals surface area contributed by atoms with Crippen molar-refractivity contribution in [2.75, 3.05) is 19.7 Å². The maximum absolute atomic E-state index is 6.06. The standard InChI is InChI=1S/C22H27N7O/c1-15-5-7-18-17(14-15)21(19(9-10-23)30-13-12-27-22(24)25)29-20(28-18)8-6-16-4-2-3-11-26-16/h2-8,11,14,19H,9-10,12-13,23H2,1H3,(H4,24,25,27). The predicted octanol–water partition coefficient (Wildman–Crippen LogP) is 2.18. The summed E-state index contributed by atoms with van der Waals surface area (Å²) in [5, 5.41) is 0.949. The highest BCUT2D eigenvalue weighted by Gasteiger charge is 2.18. The SMILES string of the molecule is Cc1ccc2nc(C=Cc3ccccn3)nc(C(CCN)OCCN=C(N)N)c2c1. The third-order valence-electron chi connectivity index (χ3n) is 4.43. The molecule has 0 amide bonds. The van der Waals surface area contributed by atoms with Gasteiger partial charge < -0.3 is 21.9 Å². The highest BCUT2D eigenvalue weighted by Crippen LogP contribution is 2.28. The number of ether oxygens (including phenoxy) is 1. The van der Waals surface area contributed by atoms with Crippen LogP contribution in [0.25, 0.3) is 23.1 Å². The molecule has 0 aliphatic heterocycles. The third kappa shape index (κ3) is 5.82. The lowest BCUT2D eigenvalue weighted by Gasteiger charge is -2.19. The van der Waals surface area contributed by atoms with Crippen LogP contribution < -0.4 is 17.2 Å². The Kier molecular flexibility index (Phi) is 7.42. The molecule has 6 N–H and O–H groups in total. The zero-order valence-corrected chi connectivity index (χ0v) is 17.0. The number of nitrogens with zero attached hydrogens (tertiary/aromatic N) is 4. The maximum Gasteiger partial charge on any atom is 0.185 e. The van der Waals surface area contributed by atoms with Crippen LogP contribution in [0.3, 0.4) is 0 Å². The van der Waals surface area contributed by atoms with Gasteiger partial charge in [-0.1, -0.05) is 17.7 Å². The van der Waals surface area contributed by atoms with E-state index in [0.29, 0.717) is 31.9 Å². The van der Waals surface area contributed by atoms with E-state index in [4.69, 9.17) is 26.9 Å². The van der Waals surface area contributed by atoms with Gasteiger partial charge in [0.2, 0.25) is 0 Å². The van der Waals surface area contributed by atoms with E-state index in [-0.39, 0.29) is 12.1 Å². The molecule has 0 bridgehead atoms. The zero-order valence-electron chi connectivity index (χ0n) is 17.0. The summed E-state index contributed by atoms with van der Waals surface area (Å²) in [7, 11) is 0. The predicted molar refractivity (Wildman–Crippen MR) is 120 cm³/mol. The molecule has 0 aliphatic carbocycles. The molecule has 0 fully saturated rings. The van der Waals surface area contributed by atoms with Crippen LogP contribution in [0.5, 0.6) is 0 Å². The molecule has 8 heteroatoms. The number of nitrogens with two attached hydrogens (primary N) is 3. The van der Waals surface area contributed by atoms with Crippen LogP contribution in [-0.4, -0.2) is 40.6 Å². The topological polar surface area (TPSA) is 138 Å². The minimum absolute atomic E-state index is 0.0408. The van der Waals surface area contributed by atoms with Crippen molar-refractivity contribution in [3.63, 3.8) is 0 Å². The summed E-state index contributed by atoms with van der Waals surface area (Å²) in [6.45, 7) is 3.23. The first-order valence-electron chi connectivity index (χ1n) is 9.81. The Morgan fingerprint density at radius 1 is 1.17 bits per heavy atom. The van der Waals surface area contributed by atoms with Gasteiger partial charge in [0.1, 0.15) is 6.10 Å². The second-order valence-electron chi connectivity index (χ2n) is 6.82. The van der Waals surface area contributed by atoms with E-state index in [0.717, 1.165) is 27.9 Å².